The standard InChI is InChI=1S/C19H21NO4S.ClH/c1-14-2-6-17(7-3-14)25(23,24)18-8-4-15(5-9-18)12-20-11-10-16(13-20)19(21)22;/h2-9,16H,10-13H2,1H3,(H,21,22);1H. The number of sulfone groups is 1. The summed E-state index contributed by atoms with van der Waals surface area (Å²) in [6.07, 6.45) is 0.662. The van der Waals surface area contributed by atoms with Gasteiger partial charge >= 0.3 is 5.97 Å². The van der Waals surface area contributed by atoms with Gasteiger partial charge in [-0.05, 0) is 49.7 Å². The summed E-state index contributed by atoms with van der Waals surface area (Å²) in [7, 11) is -3.51. The largest absolute Gasteiger partial charge is 0.481 e. The summed E-state index contributed by atoms with van der Waals surface area (Å²) >= 11 is 0. The van der Waals surface area contributed by atoms with E-state index >= 15 is 0 Å². The van der Waals surface area contributed by atoms with Gasteiger partial charge in [0.25, 0.3) is 0 Å². The second-order valence-electron chi connectivity index (χ2n) is 6.52. The Morgan fingerprint density at radius 2 is 1.62 bits per heavy atom. The predicted octanol–water partition coefficient (Wildman–Crippen LogP) is 3.16. The van der Waals surface area contributed by atoms with Gasteiger partial charge in [-0.25, -0.2) is 8.42 Å². The first-order valence-electron chi connectivity index (χ1n) is 8.22. The molecule has 140 valence electrons. The molecule has 0 bridgehead atoms. The highest BCUT2D eigenvalue weighted by Gasteiger charge is 2.27. The van der Waals surface area contributed by atoms with E-state index in [9.17, 15) is 13.2 Å². The number of likely N-dealkylation sites (tertiary alicyclic amines) is 1. The SMILES string of the molecule is Cc1ccc(S(=O)(=O)c2ccc(CN3CCC(C(=O)O)C3)cc2)cc1.Cl. The average Bonchev–Trinajstić information content (AvgIpc) is 3.04. The Bertz CT molecular complexity index is 863. The molecular weight excluding hydrogens is 374 g/mol. The third-order valence-corrected chi connectivity index (χ3v) is 6.38. The number of rotatable bonds is 5. The van der Waals surface area contributed by atoms with Crippen molar-refractivity contribution in [3.8, 4) is 0 Å². The molecule has 0 amide bonds. The zero-order valence-electron chi connectivity index (χ0n) is 14.5. The predicted molar refractivity (Wildman–Crippen MR) is 101 cm³/mol. The Morgan fingerprint density at radius 3 is 2.12 bits per heavy atom. The van der Waals surface area contributed by atoms with E-state index in [1.165, 1.54) is 0 Å². The molecule has 0 spiro atoms. The van der Waals surface area contributed by atoms with Crippen molar-refractivity contribution in [3.63, 3.8) is 0 Å². The van der Waals surface area contributed by atoms with Gasteiger partial charge in [0.2, 0.25) is 9.84 Å². The molecule has 1 aliphatic heterocycles. The number of hydrogen-bond acceptors (Lipinski definition) is 4. The molecule has 1 unspecified atom stereocenters. The van der Waals surface area contributed by atoms with Crippen molar-refractivity contribution < 1.29 is 18.3 Å². The zero-order valence-corrected chi connectivity index (χ0v) is 16.1. The number of carboxylic acids is 1. The van der Waals surface area contributed by atoms with Crippen LogP contribution in [0.2, 0.25) is 0 Å². The number of nitrogens with zero attached hydrogens (tertiary/aromatic N) is 1. The van der Waals surface area contributed by atoms with Crippen LogP contribution in [-0.2, 0) is 21.2 Å². The minimum atomic E-state index is -3.51. The third-order valence-electron chi connectivity index (χ3n) is 4.59. The van der Waals surface area contributed by atoms with E-state index in [-0.39, 0.29) is 28.1 Å². The fourth-order valence-electron chi connectivity index (χ4n) is 3.06. The van der Waals surface area contributed by atoms with Crippen molar-refractivity contribution in [1.29, 1.82) is 0 Å². The van der Waals surface area contributed by atoms with E-state index in [2.05, 4.69) is 4.90 Å². The Kier molecular flexibility index (Phi) is 6.44. The van der Waals surface area contributed by atoms with E-state index < -0.39 is 15.8 Å². The van der Waals surface area contributed by atoms with Crippen LogP contribution in [-0.4, -0.2) is 37.5 Å². The first-order valence-corrected chi connectivity index (χ1v) is 9.70. The molecule has 1 N–H and O–H groups in total. The first kappa shape index (κ1) is 20.4. The van der Waals surface area contributed by atoms with E-state index in [0.29, 0.717) is 19.5 Å². The molecule has 26 heavy (non-hydrogen) atoms. The zero-order chi connectivity index (χ0) is 18.0. The molecule has 2 aromatic rings. The number of aryl methyl sites for hydroxylation is 1. The molecule has 0 aliphatic carbocycles. The lowest BCUT2D eigenvalue weighted by Gasteiger charge is -2.15. The maximum Gasteiger partial charge on any atom is 0.307 e. The number of carbonyl (C=O) groups is 1. The van der Waals surface area contributed by atoms with Crippen molar-refractivity contribution in [2.24, 2.45) is 5.92 Å². The number of aliphatic carboxylic acids is 1. The summed E-state index contributed by atoms with van der Waals surface area (Å²) < 4.78 is 25.3. The van der Waals surface area contributed by atoms with Crippen molar-refractivity contribution in [3.05, 3.63) is 59.7 Å². The molecule has 5 nitrogen and oxygen atoms in total. The highest BCUT2D eigenvalue weighted by molar-refractivity contribution is 7.91. The van der Waals surface area contributed by atoms with Crippen LogP contribution in [0.3, 0.4) is 0 Å². The van der Waals surface area contributed by atoms with Crippen LogP contribution in [0.5, 0.6) is 0 Å². The van der Waals surface area contributed by atoms with E-state index in [4.69, 9.17) is 5.11 Å². The van der Waals surface area contributed by atoms with Crippen molar-refractivity contribution in [2.75, 3.05) is 13.1 Å². The lowest BCUT2D eigenvalue weighted by Crippen LogP contribution is -2.22. The summed E-state index contributed by atoms with van der Waals surface area (Å²) in [6.45, 7) is 3.84. The lowest BCUT2D eigenvalue weighted by molar-refractivity contribution is -0.141. The number of benzene rings is 2. The monoisotopic (exact) mass is 395 g/mol. The normalized spacial score (nSPS) is 17.7. The van der Waals surface area contributed by atoms with Gasteiger partial charge in [-0.15, -0.1) is 12.4 Å². The fourth-order valence-corrected chi connectivity index (χ4v) is 4.32. The maximum absolute atomic E-state index is 12.6. The molecular formula is C19H22ClNO4S. The number of carboxylic acid groups (broad SMARTS) is 1. The molecule has 1 heterocycles. The van der Waals surface area contributed by atoms with E-state index in [1.54, 1.807) is 48.5 Å². The van der Waals surface area contributed by atoms with Gasteiger partial charge in [0, 0.05) is 13.1 Å². The Hall–Kier alpha value is -1.89. The molecule has 1 atom stereocenters. The van der Waals surface area contributed by atoms with Gasteiger partial charge in [0.15, 0.2) is 0 Å². The number of halogens is 1. The second-order valence-corrected chi connectivity index (χ2v) is 8.47. The van der Waals surface area contributed by atoms with Crippen molar-refractivity contribution >= 4 is 28.2 Å². The van der Waals surface area contributed by atoms with Gasteiger partial charge in [0.05, 0.1) is 15.7 Å². The van der Waals surface area contributed by atoms with Gasteiger partial charge in [-0.2, -0.15) is 0 Å². The second kappa shape index (κ2) is 8.20. The summed E-state index contributed by atoms with van der Waals surface area (Å²) in [5.41, 5.74) is 1.99. The van der Waals surface area contributed by atoms with Gasteiger partial charge in [0.1, 0.15) is 0 Å². The van der Waals surface area contributed by atoms with Crippen LogP contribution < -0.4 is 0 Å². The lowest BCUT2D eigenvalue weighted by atomic mass is 10.1. The smallest absolute Gasteiger partial charge is 0.307 e. The van der Waals surface area contributed by atoms with Crippen molar-refractivity contribution in [1.82, 2.24) is 4.90 Å². The van der Waals surface area contributed by atoms with E-state index in [0.717, 1.165) is 17.7 Å². The van der Waals surface area contributed by atoms with Gasteiger partial charge < -0.3 is 5.11 Å². The fraction of sp³-hybridized carbons (Fsp3) is 0.316. The Labute approximate surface area is 160 Å². The van der Waals surface area contributed by atoms with Gasteiger partial charge in [-0.3, -0.25) is 9.69 Å². The summed E-state index contributed by atoms with van der Waals surface area (Å²) in [4.78, 5) is 13.7. The molecule has 2 aromatic carbocycles. The summed E-state index contributed by atoms with van der Waals surface area (Å²) in [6, 6.07) is 13.7. The van der Waals surface area contributed by atoms with Crippen LogP contribution in [0.4, 0.5) is 0 Å². The molecule has 7 heteroatoms. The molecule has 0 saturated carbocycles. The molecule has 0 radical (unpaired) electrons. The quantitative estimate of drug-likeness (QED) is 0.841. The minimum absolute atomic E-state index is 0. The molecule has 1 aliphatic rings. The van der Waals surface area contributed by atoms with Crippen LogP contribution >= 0.6 is 12.4 Å². The molecule has 3 rings (SSSR count). The van der Waals surface area contributed by atoms with E-state index in [1.807, 2.05) is 6.92 Å². The maximum atomic E-state index is 12.6. The van der Waals surface area contributed by atoms with Crippen LogP contribution in [0.15, 0.2) is 58.3 Å². The number of hydrogen-bond donors (Lipinski definition) is 1. The summed E-state index contributed by atoms with van der Waals surface area (Å²) in [5.74, 6) is -1.05. The van der Waals surface area contributed by atoms with Crippen molar-refractivity contribution in [2.45, 2.75) is 29.7 Å². The molecule has 0 aromatic heterocycles. The van der Waals surface area contributed by atoms with Crippen LogP contribution in [0, 0.1) is 12.8 Å². The molecule has 1 saturated heterocycles. The highest BCUT2D eigenvalue weighted by Crippen LogP contribution is 2.23. The Balaban J connectivity index is 0.00000243. The van der Waals surface area contributed by atoms with Gasteiger partial charge in [-0.1, -0.05) is 29.8 Å². The average molecular weight is 396 g/mol. The van der Waals surface area contributed by atoms with Crippen LogP contribution in [0.1, 0.15) is 17.5 Å². The topological polar surface area (TPSA) is 74.7 Å². The minimum Gasteiger partial charge on any atom is -0.481 e. The third kappa shape index (κ3) is 4.44. The first-order chi connectivity index (χ1) is 11.9. The highest BCUT2D eigenvalue weighted by atomic mass is 35.5. The molecule has 1 fully saturated rings. The van der Waals surface area contributed by atoms with Crippen LogP contribution in [0.25, 0.3) is 0 Å². The Morgan fingerprint density at radius 1 is 1.08 bits per heavy atom. The summed E-state index contributed by atoms with van der Waals surface area (Å²) in [5, 5.41) is 9.06.